The number of amides is 1. The van der Waals surface area contributed by atoms with E-state index in [9.17, 15) is 4.79 Å². The third-order valence-corrected chi connectivity index (χ3v) is 8.03. The van der Waals surface area contributed by atoms with E-state index in [2.05, 4.69) is 51.9 Å². The molecule has 1 amide bonds. The van der Waals surface area contributed by atoms with Gasteiger partial charge < -0.3 is 9.88 Å². The number of rotatable bonds is 11. The molecule has 0 aliphatic carbocycles. The van der Waals surface area contributed by atoms with E-state index in [0.717, 1.165) is 32.9 Å². The molecular weight excluding hydrogens is 575 g/mol. The Labute approximate surface area is 227 Å². The summed E-state index contributed by atoms with van der Waals surface area (Å²) in [6, 6.07) is 11.5. The van der Waals surface area contributed by atoms with Gasteiger partial charge in [0.25, 0.3) is 0 Å². The number of benzene rings is 2. The van der Waals surface area contributed by atoms with Crippen LogP contribution in [0.2, 0.25) is 10.0 Å². The molecule has 0 saturated heterocycles. The zero-order valence-electron chi connectivity index (χ0n) is 18.9. The lowest BCUT2D eigenvalue weighted by Crippen LogP contribution is -2.16. The number of aromatic nitrogens is 3. The molecule has 0 spiro atoms. The fourth-order valence-electron chi connectivity index (χ4n) is 3.18. The SMILES string of the molecule is C=CCn1c(CSCc2ccc(Cl)c(Cl)c2)nnc1SCC(=O)Nc1ccc(Br)cc1C(C)C. The Kier molecular flexibility index (Phi) is 10.4. The molecule has 180 valence electrons. The molecule has 0 radical (unpaired) electrons. The molecule has 2 aromatic carbocycles. The normalized spacial score (nSPS) is 11.1. The van der Waals surface area contributed by atoms with Gasteiger partial charge in [-0.15, -0.1) is 28.5 Å². The highest BCUT2D eigenvalue weighted by Crippen LogP contribution is 2.29. The molecule has 34 heavy (non-hydrogen) atoms. The highest BCUT2D eigenvalue weighted by molar-refractivity contribution is 9.10. The number of hydrogen-bond donors (Lipinski definition) is 1. The van der Waals surface area contributed by atoms with Gasteiger partial charge in [-0.3, -0.25) is 4.79 Å². The second-order valence-corrected chi connectivity index (χ2v) is 11.4. The van der Waals surface area contributed by atoms with Gasteiger partial charge >= 0.3 is 0 Å². The van der Waals surface area contributed by atoms with Crippen LogP contribution < -0.4 is 5.32 Å². The van der Waals surface area contributed by atoms with Crippen molar-refractivity contribution < 1.29 is 4.79 Å². The van der Waals surface area contributed by atoms with Gasteiger partial charge in [0.15, 0.2) is 5.16 Å². The third-order valence-electron chi connectivity index (χ3n) is 4.83. The minimum atomic E-state index is -0.0853. The van der Waals surface area contributed by atoms with Crippen LogP contribution in [0.15, 0.2) is 58.7 Å². The van der Waals surface area contributed by atoms with E-state index in [4.69, 9.17) is 23.2 Å². The second kappa shape index (κ2) is 13.0. The molecule has 3 rings (SSSR count). The quantitative estimate of drug-likeness (QED) is 0.180. The van der Waals surface area contributed by atoms with Crippen molar-refractivity contribution in [3.8, 4) is 0 Å². The first-order valence-electron chi connectivity index (χ1n) is 10.5. The largest absolute Gasteiger partial charge is 0.325 e. The predicted molar refractivity (Wildman–Crippen MR) is 149 cm³/mol. The first kappa shape index (κ1) is 27.1. The van der Waals surface area contributed by atoms with Crippen molar-refractivity contribution in [2.75, 3.05) is 11.1 Å². The number of anilines is 1. The van der Waals surface area contributed by atoms with Crippen LogP contribution in [-0.4, -0.2) is 26.4 Å². The summed E-state index contributed by atoms with van der Waals surface area (Å²) in [7, 11) is 0. The van der Waals surface area contributed by atoms with Crippen LogP contribution in [0.1, 0.15) is 36.7 Å². The summed E-state index contributed by atoms with van der Waals surface area (Å²) in [6.07, 6.45) is 1.80. The third kappa shape index (κ3) is 7.52. The van der Waals surface area contributed by atoms with Crippen molar-refractivity contribution in [2.45, 2.75) is 43.0 Å². The number of carbonyl (C=O) groups is 1. The van der Waals surface area contributed by atoms with E-state index in [0.29, 0.717) is 33.4 Å². The van der Waals surface area contributed by atoms with Crippen LogP contribution in [-0.2, 0) is 22.8 Å². The molecule has 0 fully saturated rings. The zero-order valence-corrected chi connectivity index (χ0v) is 23.6. The molecule has 0 aliphatic heterocycles. The first-order chi connectivity index (χ1) is 16.3. The number of nitrogens with one attached hydrogen (secondary N) is 1. The molecule has 3 aromatic rings. The van der Waals surface area contributed by atoms with Crippen LogP contribution in [0.5, 0.6) is 0 Å². The maximum absolute atomic E-state index is 12.7. The summed E-state index contributed by atoms with van der Waals surface area (Å²) >= 11 is 18.7. The summed E-state index contributed by atoms with van der Waals surface area (Å²) in [5.74, 6) is 2.72. The number of halogens is 3. The van der Waals surface area contributed by atoms with Gasteiger partial charge in [0.2, 0.25) is 5.91 Å². The average Bonchev–Trinajstić information content (AvgIpc) is 3.17. The molecule has 0 unspecified atom stereocenters. The zero-order chi connectivity index (χ0) is 24.7. The maximum Gasteiger partial charge on any atom is 0.234 e. The Morgan fingerprint density at radius 2 is 1.97 bits per heavy atom. The number of hydrogen-bond acceptors (Lipinski definition) is 5. The van der Waals surface area contributed by atoms with Gasteiger partial charge in [-0.2, -0.15) is 0 Å². The first-order valence-corrected chi connectivity index (χ1v) is 14.2. The average molecular weight is 600 g/mol. The van der Waals surface area contributed by atoms with Crippen LogP contribution in [0.3, 0.4) is 0 Å². The highest BCUT2D eigenvalue weighted by Gasteiger charge is 2.15. The van der Waals surface area contributed by atoms with Gasteiger partial charge in [0, 0.05) is 22.5 Å². The maximum atomic E-state index is 12.7. The van der Waals surface area contributed by atoms with Crippen molar-refractivity contribution >= 4 is 74.3 Å². The number of carbonyl (C=O) groups excluding carboxylic acids is 1. The van der Waals surface area contributed by atoms with Crippen molar-refractivity contribution in [1.29, 1.82) is 0 Å². The fraction of sp³-hybridized carbons (Fsp3) is 0.292. The van der Waals surface area contributed by atoms with E-state index in [1.807, 2.05) is 34.9 Å². The molecule has 5 nitrogen and oxygen atoms in total. The van der Waals surface area contributed by atoms with Gasteiger partial charge in [-0.05, 0) is 47.4 Å². The highest BCUT2D eigenvalue weighted by atomic mass is 79.9. The Morgan fingerprint density at radius 1 is 1.18 bits per heavy atom. The van der Waals surface area contributed by atoms with Gasteiger partial charge in [0.05, 0.1) is 21.6 Å². The van der Waals surface area contributed by atoms with Crippen LogP contribution in [0, 0.1) is 0 Å². The summed E-state index contributed by atoms with van der Waals surface area (Å²) in [4.78, 5) is 12.7. The molecular formula is C24H25BrCl2N4OS2. The Balaban J connectivity index is 1.60. The predicted octanol–water partition coefficient (Wildman–Crippen LogP) is 7.82. The molecule has 1 N–H and O–H groups in total. The van der Waals surface area contributed by atoms with Gasteiger partial charge in [-0.1, -0.05) is 76.9 Å². The summed E-state index contributed by atoms with van der Waals surface area (Å²) in [5.41, 5.74) is 3.01. The molecule has 10 heteroatoms. The molecule has 0 aliphatic rings. The molecule has 0 bridgehead atoms. The van der Waals surface area contributed by atoms with E-state index in [-0.39, 0.29) is 11.7 Å². The fourth-order valence-corrected chi connectivity index (χ4v) is 5.56. The second-order valence-electron chi connectivity index (χ2n) is 7.76. The van der Waals surface area contributed by atoms with Crippen molar-refractivity contribution in [1.82, 2.24) is 14.8 Å². The molecule has 0 atom stereocenters. The van der Waals surface area contributed by atoms with Gasteiger partial charge in [0.1, 0.15) is 5.82 Å². The summed E-state index contributed by atoms with van der Waals surface area (Å²) in [6.45, 7) is 8.62. The van der Waals surface area contributed by atoms with Crippen LogP contribution >= 0.6 is 62.7 Å². The lowest BCUT2D eigenvalue weighted by atomic mass is 10.0. The number of allylic oxidation sites excluding steroid dienone is 1. The minimum absolute atomic E-state index is 0.0853. The molecule has 1 aromatic heterocycles. The molecule has 1 heterocycles. The standard InChI is InChI=1S/C24H25BrCl2N4OS2/c1-4-9-31-22(13-33-12-16-5-7-19(26)20(27)10-16)29-30-24(31)34-14-23(32)28-21-8-6-17(25)11-18(21)15(2)3/h4-8,10-11,15H,1,9,12-14H2,2-3H3,(H,28,32). The Bertz CT molecular complexity index is 1170. The number of thioether (sulfide) groups is 2. The molecule has 0 saturated carbocycles. The number of nitrogens with zero attached hydrogens (tertiary/aromatic N) is 3. The summed E-state index contributed by atoms with van der Waals surface area (Å²) in [5, 5.41) is 13.5. The van der Waals surface area contributed by atoms with Crippen molar-refractivity contribution in [3.05, 3.63) is 80.5 Å². The smallest absolute Gasteiger partial charge is 0.234 e. The van der Waals surface area contributed by atoms with Crippen LogP contribution in [0.4, 0.5) is 5.69 Å². The van der Waals surface area contributed by atoms with E-state index in [1.165, 1.54) is 11.8 Å². The Morgan fingerprint density at radius 3 is 2.68 bits per heavy atom. The van der Waals surface area contributed by atoms with E-state index < -0.39 is 0 Å². The topological polar surface area (TPSA) is 59.8 Å². The lowest BCUT2D eigenvalue weighted by Gasteiger charge is -2.14. The van der Waals surface area contributed by atoms with Gasteiger partial charge in [-0.25, -0.2) is 0 Å². The minimum Gasteiger partial charge on any atom is -0.325 e. The Hall–Kier alpha value is -1.45. The lowest BCUT2D eigenvalue weighted by molar-refractivity contribution is -0.113. The monoisotopic (exact) mass is 598 g/mol. The van der Waals surface area contributed by atoms with Crippen molar-refractivity contribution in [2.24, 2.45) is 0 Å². The van der Waals surface area contributed by atoms with Crippen LogP contribution in [0.25, 0.3) is 0 Å². The van der Waals surface area contributed by atoms with E-state index in [1.54, 1.807) is 23.9 Å². The van der Waals surface area contributed by atoms with E-state index >= 15 is 0 Å². The van der Waals surface area contributed by atoms with Crippen molar-refractivity contribution in [3.63, 3.8) is 0 Å². The summed E-state index contributed by atoms with van der Waals surface area (Å²) < 4.78 is 2.98.